The number of nitrogens with zero attached hydrogens (tertiary/aromatic N) is 1. The minimum Gasteiger partial charge on any atom is -0.481 e. The number of carboxylic acids is 1. The smallest absolute Gasteiger partial charge is 0.304 e. The van der Waals surface area contributed by atoms with Crippen LogP contribution in [0.25, 0.3) is 0 Å². The molecule has 0 fully saturated rings. The van der Waals surface area contributed by atoms with Gasteiger partial charge in [-0.1, -0.05) is 29.3 Å². The fourth-order valence-electron chi connectivity index (χ4n) is 1.70. The van der Waals surface area contributed by atoms with Gasteiger partial charge in [-0.2, -0.15) is 0 Å². The van der Waals surface area contributed by atoms with Crippen molar-refractivity contribution in [3.8, 4) is 0 Å². The topological polar surface area (TPSA) is 40.5 Å². The lowest BCUT2D eigenvalue weighted by atomic mass is 10.1. The summed E-state index contributed by atoms with van der Waals surface area (Å²) >= 11 is 12.1. The summed E-state index contributed by atoms with van der Waals surface area (Å²) in [5, 5.41) is 9.96. The molecule has 1 aromatic rings. The highest BCUT2D eigenvalue weighted by Gasteiger charge is 2.06. The molecule has 0 unspecified atom stereocenters. The van der Waals surface area contributed by atoms with Crippen molar-refractivity contribution in [3.63, 3.8) is 0 Å². The summed E-state index contributed by atoms with van der Waals surface area (Å²) in [6.07, 6.45) is 1.87. The lowest BCUT2D eigenvalue weighted by Gasteiger charge is -2.15. The second kappa shape index (κ2) is 7.62. The Bertz CT molecular complexity index is 390. The quantitative estimate of drug-likeness (QED) is 0.837. The molecular formula is C13H17Cl2NO2. The molecule has 3 nitrogen and oxygen atoms in total. The first-order valence-electron chi connectivity index (χ1n) is 5.84. The Labute approximate surface area is 117 Å². The molecule has 0 atom stereocenters. The monoisotopic (exact) mass is 289 g/mol. The molecule has 0 aliphatic carbocycles. The molecule has 0 radical (unpaired) electrons. The Morgan fingerprint density at radius 2 is 1.89 bits per heavy atom. The van der Waals surface area contributed by atoms with Gasteiger partial charge >= 0.3 is 5.97 Å². The van der Waals surface area contributed by atoms with Gasteiger partial charge in [-0.3, -0.25) is 4.79 Å². The summed E-state index contributed by atoms with van der Waals surface area (Å²) < 4.78 is 0. The molecule has 18 heavy (non-hydrogen) atoms. The van der Waals surface area contributed by atoms with Crippen LogP contribution in [-0.2, 0) is 11.2 Å². The molecule has 0 aliphatic rings. The molecular weight excluding hydrogens is 273 g/mol. The van der Waals surface area contributed by atoms with E-state index in [0.717, 1.165) is 24.9 Å². The number of benzene rings is 1. The molecule has 0 saturated heterocycles. The van der Waals surface area contributed by atoms with E-state index in [2.05, 4.69) is 0 Å². The van der Waals surface area contributed by atoms with E-state index < -0.39 is 5.97 Å². The first-order chi connectivity index (χ1) is 8.50. The lowest BCUT2D eigenvalue weighted by Crippen LogP contribution is -2.23. The molecule has 1 rings (SSSR count). The highest BCUT2D eigenvalue weighted by atomic mass is 35.5. The Morgan fingerprint density at radius 3 is 2.44 bits per heavy atom. The Hall–Kier alpha value is -0.770. The van der Waals surface area contributed by atoms with Gasteiger partial charge in [-0.05, 0) is 44.1 Å². The van der Waals surface area contributed by atoms with Crippen LogP contribution in [0.4, 0.5) is 0 Å². The van der Waals surface area contributed by atoms with E-state index in [-0.39, 0.29) is 6.42 Å². The average molecular weight is 290 g/mol. The molecule has 0 spiro atoms. The van der Waals surface area contributed by atoms with Gasteiger partial charge in [0.25, 0.3) is 0 Å². The van der Waals surface area contributed by atoms with Crippen molar-refractivity contribution in [3.05, 3.63) is 33.8 Å². The van der Waals surface area contributed by atoms with Gasteiger partial charge in [0.15, 0.2) is 0 Å². The third-order valence-corrected chi connectivity index (χ3v) is 3.44. The third-order valence-electron chi connectivity index (χ3n) is 2.74. The molecule has 1 N–H and O–H groups in total. The largest absolute Gasteiger partial charge is 0.481 e. The molecule has 0 amide bonds. The van der Waals surface area contributed by atoms with Crippen LogP contribution in [0.1, 0.15) is 18.4 Å². The number of halogens is 2. The van der Waals surface area contributed by atoms with E-state index in [0.29, 0.717) is 16.6 Å². The zero-order chi connectivity index (χ0) is 13.5. The predicted octanol–water partition coefficient (Wildman–Crippen LogP) is 3.33. The Kier molecular flexibility index (Phi) is 6.47. The summed E-state index contributed by atoms with van der Waals surface area (Å²) in [4.78, 5) is 12.4. The molecule has 5 heteroatoms. The average Bonchev–Trinajstić information content (AvgIpc) is 2.30. The normalized spacial score (nSPS) is 10.9. The second-order valence-electron chi connectivity index (χ2n) is 4.25. The van der Waals surface area contributed by atoms with Crippen LogP contribution >= 0.6 is 23.2 Å². The van der Waals surface area contributed by atoms with Crippen molar-refractivity contribution in [2.45, 2.75) is 19.3 Å². The van der Waals surface area contributed by atoms with Crippen LogP contribution < -0.4 is 0 Å². The van der Waals surface area contributed by atoms with E-state index in [1.165, 1.54) is 0 Å². The van der Waals surface area contributed by atoms with Gasteiger partial charge < -0.3 is 10.0 Å². The van der Waals surface area contributed by atoms with E-state index in [4.69, 9.17) is 28.3 Å². The molecule has 0 saturated carbocycles. The van der Waals surface area contributed by atoms with Crippen LogP contribution in [0, 0.1) is 0 Å². The molecule has 0 aromatic heterocycles. The van der Waals surface area contributed by atoms with Gasteiger partial charge in [0.2, 0.25) is 0 Å². The summed E-state index contributed by atoms with van der Waals surface area (Å²) in [5.74, 6) is -0.768. The van der Waals surface area contributed by atoms with Crippen molar-refractivity contribution in [1.82, 2.24) is 4.90 Å². The predicted molar refractivity (Wildman–Crippen MR) is 74.5 cm³/mol. The number of rotatable bonds is 7. The van der Waals surface area contributed by atoms with E-state index in [1.807, 2.05) is 30.1 Å². The Morgan fingerprint density at radius 1 is 1.28 bits per heavy atom. The van der Waals surface area contributed by atoms with Crippen molar-refractivity contribution in [2.24, 2.45) is 0 Å². The molecule has 1 aromatic carbocycles. The summed E-state index contributed by atoms with van der Waals surface area (Å²) in [6.45, 7) is 1.39. The maximum atomic E-state index is 10.4. The minimum atomic E-state index is -0.768. The van der Waals surface area contributed by atoms with Crippen LogP contribution in [-0.4, -0.2) is 36.1 Å². The number of hydrogen-bond donors (Lipinski definition) is 1. The summed E-state index contributed by atoms with van der Waals surface area (Å²) in [6, 6.07) is 5.49. The van der Waals surface area contributed by atoms with Gasteiger partial charge in [0.1, 0.15) is 0 Å². The van der Waals surface area contributed by atoms with Crippen LogP contribution in [0.15, 0.2) is 18.2 Å². The third kappa shape index (κ3) is 5.25. The van der Waals surface area contributed by atoms with Gasteiger partial charge in [-0.25, -0.2) is 0 Å². The SMILES string of the molecule is CN(CCCc1c(Cl)cccc1Cl)CCC(=O)O. The van der Waals surface area contributed by atoms with Crippen molar-refractivity contribution in [1.29, 1.82) is 0 Å². The van der Waals surface area contributed by atoms with Crippen LogP contribution in [0.5, 0.6) is 0 Å². The molecule has 0 heterocycles. The molecule has 0 bridgehead atoms. The van der Waals surface area contributed by atoms with Gasteiger partial charge in [-0.15, -0.1) is 0 Å². The van der Waals surface area contributed by atoms with E-state index in [9.17, 15) is 4.79 Å². The van der Waals surface area contributed by atoms with Crippen molar-refractivity contribution < 1.29 is 9.90 Å². The fraction of sp³-hybridized carbons (Fsp3) is 0.462. The zero-order valence-electron chi connectivity index (χ0n) is 10.3. The summed E-state index contributed by atoms with van der Waals surface area (Å²) in [7, 11) is 1.91. The van der Waals surface area contributed by atoms with Crippen molar-refractivity contribution >= 4 is 29.2 Å². The van der Waals surface area contributed by atoms with Gasteiger partial charge in [0, 0.05) is 16.6 Å². The van der Waals surface area contributed by atoms with E-state index >= 15 is 0 Å². The van der Waals surface area contributed by atoms with Crippen LogP contribution in [0.2, 0.25) is 10.0 Å². The maximum Gasteiger partial charge on any atom is 0.304 e. The number of carboxylic acid groups (broad SMARTS) is 1. The first-order valence-corrected chi connectivity index (χ1v) is 6.59. The highest BCUT2D eigenvalue weighted by Crippen LogP contribution is 2.25. The van der Waals surface area contributed by atoms with Crippen molar-refractivity contribution in [2.75, 3.05) is 20.1 Å². The second-order valence-corrected chi connectivity index (χ2v) is 5.07. The lowest BCUT2D eigenvalue weighted by molar-refractivity contribution is -0.137. The fourth-order valence-corrected chi connectivity index (χ4v) is 2.28. The Balaban J connectivity index is 2.35. The van der Waals surface area contributed by atoms with E-state index in [1.54, 1.807) is 0 Å². The first kappa shape index (κ1) is 15.3. The summed E-state index contributed by atoms with van der Waals surface area (Å²) in [5.41, 5.74) is 0.965. The zero-order valence-corrected chi connectivity index (χ0v) is 11.8. The maximum absolute atomic E-state index is 10.4. The standard InChI is InChI=1S/C13H17Cl2NO2/c1-16(9-7-13(17)18)8-3-4-10-11(14)5-2-6-12(10)15/h2,5-6H,3-4,7-9H2,1H3,(H,17,18). The number of aliphatic carboxylic acids is 1. The number of carbonyl (C=O) groups is 1. The highest BCUT2D eigenvalue weighted by molar-refractivity contribution is 6.35. The van der Waals surface area contributed by atoms with Crippen LogP contribution in [0.3, 0.4) is 0 Å². The van der Waals surface area contributed by atoms with Gasteiger partial charge in [0.05, 0.1) is 6.42 Å². The molecule has 100 valence electrons. The number of hydrogen-bond acceptors (Lipinski definition) is 2. The molecule has 0 aliphatic heterocycles. The minimum absolute atomic E-state index is 0.170.